The van der Waals surface area contributed by atoms with Crippen molar-refractivity contribution in [3.05, 3.63) is 35.9 Å². The lowest BCUT2D eigenvalue weighted by atomic mass is 9.68. The van der Waals surface area contributed by atoms with Gasteiger partial charge < -0.3 is 15.0 Å². The number of halogens is 1. The summed E-state index contributed by atoms with van der Waals surface area (Å²) in [5, 5.41) is 3.43. The van der Waals surface area contributed by atoms with E-state index in [-0.39, 0.29) is 24.0 Å². The summed E-state index contributed by atoms with van der Waals surface area (Å²) in [6.45, 7) is 4.51. The fraction of sp³-hybridized carbons (Fsp3) is 0.611. The van der Waals surface area contributed by atoms with Crippen LogP contribution in [0.1, 0.15) is 31.2 Å². The molecule has 1 aliphatic carbocycles. The molecule has 1 saturated carbocycles. The van der Waals surface area contributed by atoms with Crippen molar-refractivity contribution in [1.82, 2.24) is 10.2 Å². The van der Waals surface area contributed by atoms with Crippen molar-refractivity contribution < 1.29 is 4.74 Å². The Hall–Kier alpha value is -0.820. The van der Waals surface area contributed by atoms with Gasteiger partial charge in [0.15, 0.2) is 5.96 Å². The van der Waals surface area contributed by atoms with Crippen molar-refractivity contribution in [2.24, 2.45) is 10.4 Å². The summed E-state index contributed by atoms with van der Waals surface area (Å²) >= 11 is 0. The Labute approximate surface area is 156 Å². The highest BCUT2D eigenvalue weighted by Gasteiger charge is 2.43. The van der Waals surface area contributed by atoms with Gasteiger partial charge in [-0.05, 0) is 30.2 Å². The van der Waals surface area contributed by atoms with E-state index in [9.17, 15) is 0 Å². The maximum absolute atomic E-state index is 5.71. The largest absolute Gasteiger partial charge is 0.375 e. The van der Waals surface area contributed by atoms with Gasteiger partial charge >= 0.3 is 0 Å². The molecular formula is C18H28IN3O. The Morgan fingerprint density at radius 3 is 2.65 bits per heavy atom. The maximum Gasteiger partial charge on any atom is 0.193 e. The third-order valence-corrected chi connectivity index (χ3v) is 5.00. The number of guanidine groups is 1. The quantitative estimate of drug-likeness (QED) is 0.338. The van der Waals surface area contributed by atoms with Crippen LogP contribution >= 0.6 is 24.0 Å². The molecule has 0 amide bonds. The summed E-state index contributed by atoms with van der Waals surface area (Å²) in [6.07, 6.45) is 5.55. The number of likely N-dealkylation sites (tertiary alicyclic amines) is 1. The molecule has 128 valence electrons. The number of hydrogen-bond donors (Lipinski definition) is 1. The van der Waals surface area contributed by atoms with Gasteiger partial charge in [-0.2, -0.15) is 0 Å². The summed E-state index contributed by atoms with van der Waals surface area (Å²) in [4.78, 5) is 6.84. The van der Waals surface area contributed by atoms with Gasteiger partial charge in [-0.3, -0.25) is 4.99 Å². The molecule has 1 aromatic carbocycles. The molecule has 1 aromatic rings. The molecule has 1 N–H and O–H groups in total. The van der Waals surface area contributed by atoms with Gasteiger partial charge in [0.05, 0.1) is 13.2 Å². The van der Waals surface area contributed by atoms with Gasteiger partial charge in [-0.15, -0.1) is 24.0 Å². The Morgan fingerprint density at radius 1 is 1.26 bits per heavy atom. The van der Waals surface area contributed by atoms with Gasteiger partial charge in [-0.1, -0.05) is 36.8 Å². The van der Waals surface area contributed by atoms with Gasteiger partial charge in [0, 0.05) is 26.7 Å². The molecule has 1 aliphatic heterocycles. The maximum atomic E-state index is 5.71. The highest BCUT2D eigenvalue weighted by Crippen LogP contribution is 2.47. The monoisotopic (exact) mass is 429 g/mol. The topological polar surface area (TPSA) is 36.9 Å². The summed E-state index contributed by atoms with van der Waals surface area (Å²) < 4.78 is 5.71. The smallest absolute Gasteiger partial charge is 0.193 e. The number of nitrogens with zero attached hydrogens (tertiary/aromatic N) is 2. The first-order chi connectivity index (χ1) is 10.8. The lowest BCUT2D eigenvalue weighted by Crippen LogP contribution is -2.43. The fourth-order valence-electron chi connectivity index (χ4n) is 3.53. The fourth-order valence-corrected chi connectivity index (χ4v) is 3.53. The van der Waals surface area contributed by atoms with E-state index in [0.717, 1.165) is 19.0 Å². The number of ether oxygens (including phenoxy) is 1. The Bertz CT molecular complexity index is 502. The minimum Gasteiger partial charge on any atom is -0.375 e. The highest BCUT2D eigenvalue weighted by atomic mass is 127. The van der Waals surface area contributed by atoms with Gasteiger partial charge in [0.1, 0.15) is 0 Å². The SMILES string of the molecule is CN=C(NCCOCc1ccccc1)N1CCC2(CCC2)C1.I. The molecule has 1 saturated heterocycles. The van der Waals surface area contributed by atoms with Crippen LogP contribution in [-0.2, 0) is 11.3 Å². The molecule has 2 aliphatic rings. The van der Waals surface area contributed by atoms with Crippen molar-refractivity contribution in [1.29, 1.82) is 0 Å². The molecule has 1 heterocycles. The van der Waals surface area contributed by atoms with E-state index in [1.54, 1.807) is 0 Å². The predicted octanol–water partition coefficient (Wildman–Crippen LogP) is 3.27. The molecule has 0 bridgehead atoms. The van der Waals surface area contributed by atoms with Gasteiger partial charge in [0.2, 0.25) is 0 Å². The molecule has 4 nitrogen and oxygen atoms in total. The standard InChI is InChI=1S/C18H27N3O.HI/c1-19-17(21-12-10-18(15-21)8-5-9-18)20-11-13-22-14-16-6-3-2-4-7-16;/h2-4,6-7H,5,8-15H2,1H3,(H,19,20);1H. The van der Waals surface area contributed by atoms with Gasteiger partial charge in [-0.25, -0.2) is 0 Å². The van der Waals surface area contributed by atoms with Crippen molar-refractivity contribution in [3.63, 3.8) is 0 Å². The number of nitrogens with one attached hydrogen (secondary N) is 1. The van der Waals surface area contributed by atoms with Crippen LogP contribution < -0.4 is 5.32 Å². The summed E-state index contributed by atoms with van der Waals surface area (Å²) in [7, 11) is 1.87. The van der Waals surface area contributed by atoms with Crippen molar-refractivity contribution in [3.8, 4) is 0 Å². The number of rotatable bonds is 5. The second kappa shape index (κ2) is 8.87. The Morgan fingerprint density at radius 2 is 2.04 bits per heavy atom. The molecule has 3 rings (SSSR count). The minimum absolute atomic E-state index is 0. The van der Waals surface area contributed by atoms with Crippen LogP contribution in [0.3, 0.4) is 0 Å². The summed E-state index contributed by atoms with van der Waals surface area (Å²) in [5.74, 6) is 1.03. The van der Waals surface area contributed by atoms with Crippen LogP contribution in [0.5, 0.6) is 0 Å². The zero-order chi connectivity index (χ0) is 15.3. The number of hydrogen-bond acceptors (Lipinski definition) is 2. The predicted molar refractivity (Wildman–Crippen MR) is 105 cm³/mol. The molecule has 5 heteroatoms. The molecule has 0 atom stereocenters. The lowest BCUT2D eigenvalue weighted by molar-refractivity contribution is 0.124. The van der Waals surface area contributed by atoms with E-state index in [0.29, 0.717) is 18.6 Å². The average Bonchev–Trinajstić information content (AvgIpc) is 2.97. The molecule has 0 radical (unpaired) electrons. The van der Waals surface area contributed by atoms with Crippen LogP contribution in [0.4, 0.5) is 0 Å². The number of aliphatic imine (C=N–C) groups is 1. The van der Waals surface area contributed by atoms with E-state index in [1.807, 2.05) is 25.2 Å². The first-order valence-electron chi connectivity index (χ1n) is 8.39. The van der Waals surface area contributed by atoms with Crippen LogP contribution in [-0.4, -0.2) is 44.1 Å². The minimum atomic E-state index is 0. The molecule has 0 aromatic heterocycles. The van der Waals surface area contributed by atoms with Crippen molar-refractivity contribution in [2.45, 2.75) is 32.3 Å². The zero-order valence-corrected chi connectivity index (χ0v) is 16.3. The van der Waals surface area contributed by atoms with Crippen LogP contribution in [0.2, 0.25) is 0 Å². The summed E-state index contributed by atoms with van der Waals surface area (Å²) in [5.41, 5.74) is 1.83. The third kappa shape index (κ3) is 4.83. The van der Waals surface area contributed by atoms with Gasteiger partial charge in [0.25, 0.3) is 0 Å². The molecule has 1 spiro atoms. The summed E-state index contributed by atoms with van der Waals surface area (Å²) in [6, 6.07) is 10.3. The van der Waals surface area contributed by atoms with E-state index in [1.165, 1.54) is 37.8 Å². The van der Waals surface area contributed by atoms with E-state index in [2.05, 4.69) is 27.3 Å². The average molecular weight is 429 g/mol. The second-order valence-electron chi connectivity index (χ2n) is 6.54. The third-order valence-electron chi connectivity index (χ3n) is 5.00. The molecule has 2 fully saturated rings. The highest BCUT2D eigenvalue weighted by molar-refractivity contribution is 14.0. The van der Waals surface area contributed by atoms with E-state index in [4.69, 9.17) is 4.74 Å². The Balaban J connectivity index is 0.00000192. The normalized spacial score (nSPS) is 19.3. The van der Waals surface area contributed by atoms with E-state index < -0.39 is 0 Å². The van der Waals surface area contributed by atoms with Crippen LogP contribution in [0.25, 0.3) is 0 Å². The molecular weight excluding hydrogens is 401 g/mol. The molecule has 0 unspecified atom stereocenters. The van der Waals surface area contributed by atoms with Crippen LogP contribution in [0, 0.1) is 5.41 Å². The van der Waals surface area contributed by atoms with E-state index >= 15 is 0 Å². The second-order valence-corrected chi connectivity index (χ2v) is 6.54. The lowest BCUT2D eigenvalue weighted by Gasteiger charge is -2.38. The Kier molecular flexibility index (Phi) is 7.14. The number of benzene rings is 1. The zero-order valence-electron chi connectivity index (χ0n) is 14.0. The molecule has 23 heavy (non-hydrogen) atoms. The first kappa shape index (κ1) is 18.5. The van der Waals surface area contributed by atoms with Crippen LogP contribution in [0.15, 0.2) is 35.3 Å². The van der Waals surface area contributed by atoms with Crippen molar-refractivity contribution >= 4 is 29.9 Å². The van der Waals surface area contributed by atoms with Crippen molar-refractivity contribution in [2.75, 3.05) is 33.3 Å². The first-order valence-corrected chi connectivity index (χ1v) is 8.39.